The fraction of sp³-hybridized carbons (Fsp3) is 0.667. The number of para-hydroxylation sites is 1. The highest BCUT2D eigenvalue weighted by Crippen LogP contribution is 2.25. The maximum Gasteiger partial charge on any atom is 0.0412 e. The van der Waals surface area contributed by atoms with Crippen molar-refractivity contribution in [3.05, 3.63) is 29.8 Å². The molecule has 1 unspecified atom stereocenters. The number of hydrogen-bond donors (Lipinski definition) is 1. The van der Waals surface area contributed by atoms with Gasteiger partial charge in [0.1, 0.15) is 0 Å². The number of benzene rings is 1. The summed E-state index contributed by atoms with van der Waals surface area (Å²) in [5, 5.41) is 3.75. The molecule has 0 amide bonds. The monoisotopic (exact) mass is 274 g/mol. The van der Waals surface area contributed by atoms with Crippen molar-refractivity contribution in [2.24, 2.45) is 11.8 Å². The number of rotatable bonds is 5. The lowest BCUT2D eigenvalue weighted by atomic mass is 10.0. The molecule has 0 fully saturated rings. The molecule has 2 heteroatoms. The summed E-state index contributed by atoms with van der Waals surface area (Å²) in [7, 11) is 0. The van der Waals surface area contributed by atoms with Crippen molar-refractivity contribution >= 4 is 5.69 Å². The molecule has 0 spiro atoms. The van der Waals surface area contributed by atoms with Crippen LogP contribution in [0.1, 0.15) is 46.1 Å². The van der Waals surface area contributed by atoms with Gasteiger partial charge in [0.15, 0.2) is 0 Å². The second-order valence-corrected chi connectivity index (χ2v) is 6.96. The molecule has 0 aromatic heterocycles. The molecule has 2 nitrogen and oxygen atoms in total. The number of nitrogens with one attached hydrogen (secondary N) is 1. The number of fused-ring (bicyclic) bond motifs is 1. The van der Waals surface area contributed by atoms with Gasteiger partial charge in [-0.1, -0.05) is 45.9 Å². The Hall–Kier alpha value is -1.02. The van der Waals surface area contributed by atoms with Gasteiger partial charge in [0.05, 0.1) is 0 Å². The normalized spacial score (nSPS) is 19.3. The summed E-state index contributed by atoms with van der Waals surface area (Å²) in [6, 6.07) is 9.49. The van der Waals surface area contributed by atoms with Crippen LogP contribution in [0.3, 0.4) is 0 Å². The van der Waals surface area contributed by atoms with Crippen LogP contribution in [0, 0.1) is 11.8 Å². The highest BCUT2D eigenvalue weighted by atomic mass is 15.2. The zero-order valence-electron chi connectivity index (χ0n) is 13.5. The van der Waals surface area contributed by atoms with Gasteiger partial charge in [-0.25, -0.2) is 0 Å². The SMILES string of the molecule is CC(C)CCN1CC(CC(C)C)NCc2ccccc21. The van der Waals surface area contributed by atoms with E-state index in [1.54, 1.807) is 0 Å². The fourth-order valence-electron chi connectivity index (χ4n) is 3.00. The summed E-state index contributed by atoms with van der Waals surface area (Å²) in [4.78, 5) is 2.60. The first-order valence-corrected chi connectivity index (χ1v) is 8.12. The van der Waals surface area contributed by atoms with Crippen LogP contribution in [0.25, 0.3) is 0 Å². The highest BCUT2D eigenvalue weighted by Gasteiger charge is 2.21. The zero-order valence-corrected chi connectivity index (χ0v) is 13.5. The first-order chi connectivity index (χ1) is 9.56. The molecule has 0 aliphatic carbocycles. The molecule has 1 N–H and O–H groups in total. The van der Waals surface area contributed by atoms with Crippen LogP contribution in [0.5, 0.6) is 0 Å². The third kappa shape index (κ3) is 4.24. The van der Waals surface area contributed by atoms with E-state index in [1.807, 2.05) is 0 Å². The summed E-state index contributed by atoms with van der Waals surface area (Å²) in [5.41, 5.74) is 2.88. The maximum absolute atomic E-state index is 3.75. The Bertz CT molecular complexity index is 412. The van der Waals surface area contributed by atoms with Crippen molar-refractivity contribution < 1.29 is 0 Å². The first kappa shape index (κ1) is 15.4. The minimum Gasteiger partial charge on any atom is -0.370 e. The molecule has 1 atom stereocenters. The molecule has 1 aliphatic heterocycles. The minimum atomic E-state index is 0.606. The number of anilines is 1. The van der Waals surface area contributed by atoms with Crippen LogP contribution in [0.4, 0.5) is 5.69 Å². The van der Waals surface area contributed by atoms with E-state index >= 15 is 0 Å². The first-order valence-electron chi connectivity index (χ1n) is 8.12. The molecule has 1 aromatic rings. The van der Waals surface area contributed by atoms with Crippen molar-refractivity contribution in [3.63, 3.8) is 0 Å². The van der Waals surface area contributed by atoms with Crippen LogP contribution in [-0.2, 0) is 6.54 Å². The van der Waals surface area contributed by atoms with E-state index in [0.717, 1.165) is 24.9 Å². The van der Waals surface area contributed by atoms with E-state index in [0.29, 0.717) is 6.04 Å². The van der Waals surface area contributed by atoms with Crippen LogP contribution in [0.15, 0.2) is 24.3 Å². The van der Waals surface area contributed by atoms with Gasteiger partial charge in [-0.05, 0) is 36.3 Å². The Morgan fingerprint density at radius 3 is 2.60 bits per heavy atom. The quantitative estimate of drug-likeness (QED) is 0.871. The van der Waals surface area contributed by atoms with Gasteiger partial charge in [-0.3, -0.25) is 0 Å². The molecule has 1 aromatic carbocycles. The molecule has 20 heavy (non-hydrogen) atoms. The van der Waals surface area contributed by atoms with E-state index < -0.39 is 0 Å². The van der Waals surface area contributed by atoms with Crippen LogP contribution in [-0.4, -0.2) is 19.1 Å². The molecule has 112 valence electrons. The van der Waals surface area contributed by atoms with Gasteiger partial charge in [0, 0.05) is 31.4 Å². The van der Waals surface area contributed by atoms with Crippen molar-refractivity contribution in [1.82, 2.24) is 5.32 Å². The Morgan fingerprint density at radius 2 is 1.90 bits per heavy atom. The fourth-order valence-corrected chi connectivity index (χ4v) is 3.00. The second-order valence-electron chi connectivity index (χ2n) is 6.96. The van der Waals surface area contributed by atoms with Crippen molar-refractivity contribution in [3.8, 4) is 0 Å². The molecule has 0 radical (unpaired) electrons. The standard InChI is InChI=1S/C18H30N2/c1-14(2)9-10-20-13-17(11-15(3)4)19-12-16-7-5-6-8-18(16)20/h5-8,14-15,17,19H,9-13H2,1-4H3. The summed E-state index contributed by atoms with van der Waals surface area (Å²) < 4.78 is 0. The molecule has 1 heterocycles. The lowest BCUT2D eigenvalue weighted by Gasteiger charge is -2.29. The Balaban J connectivity index is 2.14. The van der Waals surface area contributed by atoms with Crippen LogP contribution in [0.2, 0.25) is 0 Å². The van der Waals surface area contributed by atoms with Crippen molar-refractivity contribution in [1.29, 1.82) is 0 Å². The molecule has 0 saturated carbocycles. The molecule has 2 rings (SSSR count). The molecule has 0 saturated heterocycles. The largest absolute Gasteiger partial charge is 0.370 e. The van der Waals surface area contributed by atoms with Crippen molar-refractivity contribution in [2.75, 3.05) is 18.0 Å². The molecular weight excluding hydrogens is 244 g/mol. The zero-order chi connectivity index (χ0) is 14.5. The summed E-state index contributed by atoms with van der Waals surface area (Å²) in [6.07, 6.45) is 2.52. The topological polar surface area (TPSA) is 15.3 Å². The smallest absolute Gasteiger partial charge is 0.0412 e. The van der Waals surface area contributed by atoms with E-state index in [9.17, 15) is 0 Å². The van der Waals surface area contributed by atoms with Gasteiger partial charge in [-0.15, -0.1) is 0 Å². The summed E-state index contributed by atoms with van der Waals surface area (Å²) in [5.74, 6) is 1.52. The van der Waals surface area contributed by atoms with Gasteiger partial charge in [0.2, 0.25) is 0 Å². The average molecular weight is 274 g/mol. The third-order valence-corrected chi connectivity index (χ3v) is 4.09. The molecule has 1 aliphatic rings. The van der Waals surface area contributed by atoms with E-state index in [4.69, 9.17) is 0 Å². The number of nitrogens with zero attached hydrogens (tertiary/aromatic N) is 1. The third-order valence-electron chi connectivity index (χ3n) is 4.09. The Kier molecular flexibility index (Phi) is 5.47. The summed E-state index contributed by atoms with van der Waals surface area (Å²) >= 11 is 0. The van der Waals surface area contributed by atoms with Crippen LogP contribution < -0.4 is 10.2 Å². The van der Waals surface area contributed by atoms with Crippen molar-refractivity contribution in [2.45, 2.75) is 53.1 Å². The van der Waals surface area contributed by atoms with Gasteiger partial charge in [-0.2, -0.15) is 0 Å². The molecule has 0 bridgehead atoms. The van der Waals surface area contributed by atoms with Gasteiger partial charge < -0.3 is 10.2 Å². The van der Waals surface area contributed by atoms with Gasteiger partial charge >= 0.3 is 0 Å². The minimum absolute atomic E-state index is 0.606. The summed E-state index contributed by atoms with van der Waals surface area (Å²) in [6.45, 7) is 12.6. The van der Waals surface area contributed by atoms with Gasteiger partial charge in [0.25, 0.3) is 0 Å². The Labute approximate surface area is 124 Å². The number of hydrogen-bond acceptors (Lipinski definition) is 2. The Morgan fingerprint density at radius 1 is 1.15 bits per heavy atom. The van der Waals surface area contributed by atoms with Crippen LogP contribution >= 0.6 is 0 Å². The second kappa shape index (κ2) is 7.12. The lowest BCUT2D eigenvalue weighted by molar-refractivity contribution is 0.418. The predicted molar refractivity (Wildman–Crippen MR) is 88.2 cm³/mol. The van der Waals surface area contributed by atoms with E-state index in [-0.39, 0.29) is 0 Å². The predicted octanol–water partition coefficient (Wildman–Crippen LogP) is 4.06. The maximum atomic E-state index is 3.75. The van der Waals surface area contributed by atoms with E-state index in [2.05, 4.69) is 62.2 Å². The lowest BCUT2D eigenvalue weighted by Crippen LogP contribution is -2.39. The molecular formula is C18H30N2. The van der Waals surface area contributed by atoms with E-state index in [1.165, 1.54) is 30.6 Å². The average Bonchev–Trinajstić information content (AvgIpc) is 2.56. The highest BCUT2D eigenvalue weighted by molar-refractivity contribution is 5.54.